The van der Waals surface area contributed by atoms with Gasteiger partial charge < -0.3 is 5.11 Å². The first-order chi connectivity index (χ1) is 9.56. The number of rotatable bonds is 2. The summed E-state index contributed by atoms with van der Waals surface area (Å²) >= 11 is 1.53. The van der Waals surface area contributed by atoms with Gasteiger partial charge in [0, 0.05) is 5.56 Å². The van der Waals surface area contributed by atoms with Crippen LogP contribution in [0.4, 0.5) is 0 Å². The number of carboxylic acids is 1. The molecule has 100 valence electrons. The molecule has 0 radical (unpaired) electrons. The zero-order valence-electron chi connectivity index (χ0n) is 11.2. The van der Waals surface area contributed by atoms with Crippen molar-refractivity contribution in [3.63, 3.8) is 0 Å². The van der Waals surface area contributed by atoms with Gasteiger partial charge in [-0.15, -0.1) is 11.3 Å². The molecule has 3 aromatic rings. The number of thiazole rings is 1. The summed E-state index contributed by atoms with van der Waals surface area (Å²) in [6.07, 6.45) is 0. The highest BCUT2D eigenvalue weighted by molar-refractivity contribution is 7.21. The molecule has 20 heavy (non-hydrogen) atoms. The highest BCUT2D eigenvalue weighted by Crippen LogP contribution is 2.33. The second-order valence-corrected chi connectivity index (χ2v) is 5.78. The van der Waals surface area contributed by atoms with E-state index in [2.05, 4.69) is 31.0 Å². The first-order valence-corrected chi connectivity index (χ1v) is 7.08. The number of nitrogens with zero attached hydrogens (tertiary/aromatic N) is 1. The van der Waals surface area contributed by atoms with Gasteiger partial charge in [-0.3, -0.25) is 0 Å². The number of aryl methyl sites for hydroxylation is 1. The third-order valence-corrected chi connectivity index (χ3v) is 4.52. The summed E-state index contributed by atoms with van der Waals surface area (Å²) in [5, 5.41) is 9.97. The molecule has 4 heteroatoms. The van der Waals surface area contributed by atoms with Gasteiger partial charge in [-0.2, -0.15) is 0 Å². The molecule has 0 unspecified atom stereocenters. The fourth-order valence-electron chi connectivity index (χ4n) is 2.16. The van der Waals surface area contributed by atoms with Gasteiger partial charge in [-0.25, -0.2) is 9.78 Å². The van der Waals surface area contributed by atoms with Gasteiger partial charge in [-0.05, 0) is 43.2 Å². The Morgan fingerprint density at radius 1 is 1.20 bits per heavy atom. The van der Waals surface area contributed by atoms with Crippen molar-refractivity contribution >= 4 is 27.5 Å². The summed E-state index contributed by atoms with van der Waals surface area (Å²) in [7, 11) is 0. The van der Waals surface area contributed by atoms with Gasteiger partial charge >= 0.3 is 5.97 Å². The normalized spacial score (nSPS) is 10.9. The largest absolute Gasteiger partial charge is 0.478 e. The number of aromatic nitrogens is 1. The molecule has 3 rings (SSSR count). The first kappa shape index (κ1) is 12.8. The van der Waals surface area contributed by atoms with Gasteiger partial charge in [0.15, 0.2) is 0 Å². The molecule has 0 spiro atoms. The van der Waals surface area contributed by atoms with Crippen LogP contribution in [-0.4, -0.2) is 16.1 Å². The van der Waals surface area contributed by atoms with Crippen LogP contribution in [0, 0.1) is 13.8 Å². The zero-order chi connectivity index (χ0) is 14.3. The van der Waals surface area contributed by atoms with E-state index in [4.69, 9.17) is 5.11 Å². The highest BCUT2D eigenvalue weighted by Gasteiger charge is 2.11. The monoisotopic (exact) mass is 283 g/mol. The number of hydrogen-bond donors (Lipinski definition) is 1. The Bertz CT molecular complexity index is 820. The van der Waals surface area contributed by atoms with Crippen molar-refractivity contribution in [2.45, 2.75) is 13.8 Å². The summed E-state index contributed by atoms with van der Waals surface area (Å²) in [5.74, 6) is -0.909. The average Bonchev–Trinajstić information content (AvgIpc) is 2.84. The molecule has 3 nitrogen and oxygen atoms in total. The van der Waals surface area contributed by atoms with E-state index in [9.17, 15) is 4.79 Å². The number of hydrogen-bond acceptors (Lipinski definition) is 3. The lowest BCUT2D eigenvalue weighted by Gasteiger charge is -2.04. The van der Waals surface area contributed by atoms with E-state index in [1.165, 1.54) is 22.5 Å². The molecule has 0 fully saturated rings. The van der Waals surface area contributed by atoms with Crippen LogP contribution < -0.4 is 0 Å². The number of carbonyl (C=O) groups is 1. The van der Waals surface area contributed by atoms with Crippen LogP contribution in [0.5, 0.6) is 0 Å². The number of carboxylic acid groups (broad SMARTS) is 1. The molecule has 0 aliphatic heterocycles. The summed E-state index contributed by atoms with van der Waals surface area (Å²) in [6, 6.07) is 11.2. The summed E-state index contributed by atoms with van der Waals surface area (Å²) in [4.78, 5) is 15.6. The van der Waals surface area contributed by atoms with Crippen molar-refractivity contribution in [1.82, 2.24) is 4.98 Å². The topological polar surface area (TPSA) is 50.2 Å². The van der Waals surface area contributed by atoms with E-state index < -0.39 is 5.97 Å². The highest BCUT2D eigenvalue weighted by atomic mass is 32.1. The Hall–Kier alpha value is -2.20. The van der Waals surface area contributed by atoms with Gasteiger partial charge in [0.1, 0.15) is 5.01 Å². The molecule has 0 bridgehead atoms. The molecule has 0 atom stereocenters. The van der Waals surface area contributed by atoms with Crippen molar-refractivity contribution in [3.05, 3.63) is 53.1 Å². The molecule has 0 aliphatic rings. The van der Waals surface area contributed by atoms with Crippen LogP contribution in [0.1, 0.15) is 21.5 Å². The minimum Gasteiger partial charge on any atom is -0.478 e. The van der Waals surface area contributed by atoms with Crippen LogP contribution >= 0.6 is 11.3 Å². The lowest BCUT2D eigenvalue weighted by atomic mass is 10.0. The van der Waals surface area contributed by atoms with Gasteiger partial charge in [0.05, 0.1) is 15.8 Å². The Balaban J connectivity index is 2.18. The first-order valence-electron chi connectivity index (χ1n) is 6.27. The van der Waals surface area contributed by atoms with Crippen LogP contribution in [0.2, 0.25) is 0 Å². The lowest BCUT2D eigenvalue weighted by Crippen LogP contribution is -1.94. The summed E-state index contributed by atoms with van der Waals surface area (Å²) in [5.41, 5.74) is 4.70. The maximum absolute atomic E-state index is 11.0. The van der Waals surface area contributed by atoms with E-state index >= 15 is 0 Å². The Kier molecular flexibility index (Phi) is 3.03. The summed E-state index contributed by atoms with van der Waals surface area (Å²) in [6.45, 7) is 4.16. The molecule has 0 aliphatic carbocycles. The molecular formula is C16H13NO2S. The molecule has 0 saturated heterocycles. The minimum atomic E-state index is -0.909. The minimum absolute atomic E-state index is 0.300. The molecular weight excluding hydrogens is 270 g/mol. The smallest absolute Gasteiger partial charge is 0.335 e. The Morgan fingerprint density at radius 2 is 2.00 bits per heavy atom. The maximum Gasteiger partial charge on any atom is 0.335 e. The van der Waals surface area contributed by atoms with E-state index in [-0.39, 0.29) is 0 Å². The second kappa shape index (κ2) is 4.72. The van der Waals surface area contributed by atoms with E-state index in [0.717, 1.165) is 20.8 Å². The van der Waals surface area contributed by atoms with Gasteiger partial charge in [0.25, 0.3) is 0 Å². The maximum atomic E-state index is 11.0. The Morgan fingerprint density at radius 3 is 2.75 bits per heavy atom. The van der Waals surface area contributed by atoms with Crippen molar-refractivity contribution in [2.75, 3.05) is 0 Å². The summed E-state index contributed by atoms with van der Waals surface area (Å²) < 4.78 is 0.904. The molecule has 0 saturated carbocycles. The van der Waals surface area contributed by atoms with Gasteiger partial charge in [-0.1, -0.05) is 18.2 Å². The number of aromatic carboxylic acids is 1. The van der Waals surface area contributed by atoms with Crippen LogP contribution in [0.3, 0.4) is 0 Å². The Labute approximate surface area is 120 Å². The van der Waals surface area contributed by atoms with Crippen LogP contribution in [0.25, 0.3) is 20.8 Å². The average molecular weight is 283 g/mol. The molecule has 1 N–H and O–H groups in total. The molecule has 2 aromatic carbocycles. The third kappa shape index (κ3) is 2.08. The van der Waals surface area contributed by atoms with E-state index in [1.54, 1.807) is 18.2 Å². The predicted molar refractivity (Wildman–Crippen MR) is 81.5 cm³/mol. The van der Waals surface area contributed by atoms with Crippen molar-refractivity contribution in [1.29, 1.82) is 0 Å². The van der Waals surface area contributed by atoms with Gasteiger partial charge in [0.2, 0.25) is 0 Å². The molecule has 0 amide bonds. The standard InChI is InChI=1S/C16H13NO2S/c1-9-4-3-5-12(10(9)2)15-17-13-7-6-11(16(18)19)8-14(13)20-15/h3-8H,1-2H3,(H,18,19). The van der Waals surface area contributed by atoms with Crippen LogP contribution in [-0.2, 0) is 0 Å². The molecule has 1 heterocycles. The van der Waals surface area contributed by atoms with Crippen LogP contribution in [0.15, 0.2) is 36.4 Å². The zero-order valence-corrected chi connectivity index (χ0v) is 12.0. The van der Waals surface area contributed by atoms with E-state index in [0.29, 0.717) is 5.56 Å². The number of benzene rings is 2. The lowest BCUT2D eigenvalue weighted by molar-refractivity contribution is 0.0697. The van der Waals surface area contributed by atoms with Crippen molar-refractivity contribution in [3.8, 4) is 10.6 Å². The fourth-order valence-corrected chi connectivity index (χ4v) is 3.24. The van der Waals surface area contributed by atoms with E-state index in [1.807, 2.05) is 6.07 Å². The van der Waals surface area contributed by atoms with Crippen molar-refractivity contribution in [2.24, 2.45) is 0 Å². The SMILES string of the molecule is Cc1cccc(-c2nc3ccc(C(=O)O)cc3s2)c1C. The molecule has 1 aromatic heterocycles. The predicted octanol–water partition coefficient (Wildman–Crippen LogP) is 4.28. The second-order valence-electron chi connectivity index (χ2n) is 4.75. The quantitative estimate of drug-likeness (QED) is 0.763. The fraction of sp³-hybridized carbons (Fsp3) is 0.125. The third-order valence-electron chi connectivity index (χ3n) is 3.47. The number of fused-ring (bicyclic) bond motifs is 1. The van der Waals surface area contributed by atoms with Crippen molar-refractivity contribution < 1.29 is 9.90 Å².